The van der Waals surface area contributed by atoms with Gasteiger partial charge in [0.05, 0.1) is 0 Å². The van der Waals surface area contributed by atoms with Crippen LogP contribution in [0.2, 0.25) is 0 Å². The zero-order chi connectivity index (χ0) is 15.4. The number of rotatable bonds is 0. The average Bonchev–Trinajstić information content (AvgIpc) is 2.42. The predicted molar refractivity (Wildman–Crippen MR) is 88.6 cm³/mol. The highest BCUT2D eigenvalue weighted by Crippen LogP contribution is 1.56. The standard InChI is InChI=1S/2C3H8.4C2H6.C2H4/c2*1-3-2;5*1-2/h2*3H2,1-2H3;4*1-2H3;1-2H2. The first kappa shape index (κ1) is 44.8. The molecule has 0 radical (unpaired) electrons. The molecule has 0 aliphatic heterocycles. The molecule has 0 aliphatic rings. The van der Waals surface area contributed by atoms with E-state index in [9.17, 15) is 0 Å². The Morgan fingerprint density at radius 1 is 0.438 bits per heavy atom. The molecule has 0 aromatic rings. The van der Waals surface area contributed by atoms with Crippen LogP contribution in [0.25, 0.3) is 0 Å². The Bertz CT molecular complexity index is 7.51. The average molecular weight is 237 g/mol. The van der Waals surface area contributed by atoms with E-state index in [1.807, 2.05) is 55.4 Å². The first-order valence-electron chi connectivity index (χ1n) is 7.33. The van der Waals surface area contributed by atoms with Crippen LogP contribution < -0.4 is 0 Å². The third kappa shape index (κ3) is 33000. The van der Waals surface area contributed by atoms with Crippen LogP contribution in [-0.2, 0) is 0 Å². The highest BCUT2D eigenvalue weighted by atomic mass is 13.4. The molecule has 0 bridgehead atoms. The molecule has 0 aromatic heterocycles. The van der Waals surface area contributed by atoms with Crippen molar-refractivity contribution in [1.29, 1.82) is 0 Å². The van der Waals surface area contributed by atoms with Crippen LogP contribution in [0, 0.1) is 0 Å². The van der Waals surface area contributed by atoms with Gasteiger partial charge in [0.25, 0.3) is 0 Å². The van der Waals surface area contributed by atoms with Crippen LogP contribution in [0.4, 0.5) is 0 Å². The molecular weight excluding hydrogens is 192 g/mol. The van der Waals surface area contributed by atoms with Gasteiger partial charge in [0.1, 0.15) is 0 Å². The van der Waals surface area contributed by atoms with E-state index >= 15 is 0 Å². The molecule has 0 heterocycles. The molecule has 0 saturated carbocycles. The Balaban J connectivity index is -0.0000000120. The Morgan fingerprint density at radius 3 is 0.438 bits per heavy atom. The van der Waals surface area contributed by atoms with Gasteiger partial charge in [0, 0.05) is 0 Å². The third-order valence-corrected chi connectivity index (χ3v) is 0. The molecule has 0 N–H and O–H groups in total. The lowest BCUT2D eigenvalue weighted by Crippen LogP contribution is -1.27. The second-order valence-electron chi connectivity index (χ2n) is 1.41. The Hall–Kier alpha value is -0.260. The first-order chi connectivity index (χ1) is 7.83. The van der Waals surface area contributed by atoms with E-state index in [4.69, 9.17) is 0 Å². The van der Waals surface area contributed by atoms with Crippen molar-refractivity contribution in [3.63, 3.8) is 0 Å². The van der Waals surface area contributed by atoms with Crippen molar-refractivity contribution >= 4 is 0 Å². The van der Waals surface area contributed by atoms with Crippen LogP contribution in [0.15, 0.2) is 13.2 Å². The molecule has 0 nitrogen and oxygen atoms in total. The van der Waals surface area contributed by atoms with E-state index < -0.39 is 0 Å². The summed E-state index contributed by atoms with van der Waals surface area (Å²) in [5.41, 5.74) is 0. The van der Waals surface area contributed by atoms with Crippen molar-refractivity contribution in [1.82, 2.24) is 0 Å². The summed E-state index contributed by atoms with van der Waals surface area (Å²) in [6.07, 6.45) is 2.50. The lowest BCUT2D eigenvalue weighted by molar-refractivity contribution is 1.09. The highest BCUT2D eigenvalue weighted by molar-refractivity contribution is 4.22. The van der Waals surface area contributed by atoms with Gasteiger partial charge in [0.2, 0.25) is 0 Å². The Kier molecular flexibility index (Phi) is 2570. The molecule has 0 saturated heterocycles. The van der Waals surface area contributed by atoms with E-state index in [1.54, 1.807) is 0 Å². The molecular formula is C16H44. The predicted octanol–water partition coefficient (Wildman–Crippen LogP) is 7.74. The SMILES string of the molecule is C=C.CC.CC.CC.CC.CCC.CCC. The van der Waals surface area contributed by atoms with Gasteiger partial charge < -0.3 is 0 Å². The maximum absolute atomic E-state index is 3.00. The lowest BCUT2D eigenvalue weighted by Gasteiger charge is -1.48. The smallest absolute Gasteiger partial charge is 0.0590 e. The zero-order valence-corrected chi connectivity index (χ0v) is 14.8. The fraction of sp³-hybridized carbons (Fsp3) is 0.875. The van der Waals surface area contributed by atoms with E-state index in [0.717, 1.165) is 0 Å². The molecule has 0 aromatic carbocycles. The van der Waals surface area contributed by atoms with Gasteiger partial charge in [-0.25, -0.2) is 0 Å². The summed E-state index contributed by atoms with van der Waals surface area (Å²) >= 11 is 0. The van der Waals surface area contributed by atoms with Gasteiger partial charge >= 0.3 is 0 Å². The second-order valence-corrected chi connectivity index (χ2v) is 1.41. The van der Waals surface area contributed by atoms with Crippen molar-refractivity contribution in [3.05, 3.63) is 13.2 Å². The molecule has 0 unspecified atom stereocenters. The molecule has 108 valence electrons. The summed E-state index contributed by atoms with van der Waals surface area (Å²) < 4.78 is 0. The van der Waals surface area contributed by atoms with Gasteiger partial charge in [-0.2, -0.15) is 0 Å². The summed E-state index contributed by atoms with van der Waals surface area (Å²) in [6.45, 7) is 30.5. The minimum absolute atomic E-state index is 1.25. The van der Waals surface area contributed by atoms with Gasteiger partial charge in [-0.1, -0.05) is 95.9 Å². The quantitative estimate of drug-likeness (QED) is 0.377. The largest absolute Gasteiger partial charge is 0.106 e. The minimum Gasteiger partial charge on any atom is -0.106 e. The van der Waals surface area contributed by atoms with E-state index in [2.05, 4.69) is 40.9 Å². The fourth-order valence-electron chi connectivity index (χ4n) is 0. The van der Waals surface area contributed by atoms with Crippen LogP contribution in [0.3, 0.4) is 0 Å². The molecule has 0 spiro atoms. The Morgan fingerprint density at radius 2 is 0.438 bits per heavy atom. The minimum atomic E-state index is 1.25. The molecule has 0 aliphatic carbocycles. The van der Waals surface area contributed by atoms with Crippen LogP contribution in [0.5, 0.6) is 0 Å². The summed E-state index contributed by atoms with van der Waals surface area (Å²) in [5, 5.41) is 0. The summed E-state index contributed by atoms with van der Waals surface area (Å²) in [6, 6.07) is 0. The monoisotopic (exact) mass is 236 g/mol. The Labute approximate surface area is 110 Å². The van der Waals surface area contributed by atoms with Crippen molar-refractivity contribution < 1.29 is 0 Å². The molecule has 0 heteroatoms. The maximum atomic E-state index is 3.00. The van der Waals surface area contributed by atoms with Crippen LogP contribution >= 0.6 is 0 Å². The number of hydrogen-bond donors (Lipinski definition) is 0. The summed E-state index contributed by atoms with van der Waals surface area (Å²) in [7, 11) is 0. The molecule has 16 heavy (non-hydrogen) atoms. The maximum Gasteiger partial charge on any atom is -0.0590 e. The van der Waals surface area contributed by atoms with Gasteiger partial charge in [-0.3, -0.25) is 0 Å². The van der Waals surface area contributed by atoms with Crippen molar-refractivity contribution in [2.45, 2.75) is 95.9 Å². The topological polar surface area (TPSA) is 0 Å². The van der Waals surface area contributed by atoms with Crippen molar-refractivity contribution in [2.75, 3.05) is 0 Å². The van der Waals surface area contributed by atoms with Gasteiger partial charge in [0.15, 0.2) is 0 Å². The lowest BCUT2D eigenvalue weighted by atomic mass is 10.6. The molecule has 0 rings (SSSR count). The van der Waals surface area contributed by atoms with Gasteiger partial charge in [-0.05, 0) is 0 Å². The molecule has 0 fully saturated rings. The van der Waals surface area contributed by atoms with E-state index in [0.29, 0.717) is 0 Å². The molecule has 0 amide bonds. The highest BCUT2D eigenvalue weighted by Gasteiger charge is 1.36. The van der Waals surface area contributed by atoms with Crippen molar-refractivity contribution in [2.24, 2.45) is 0 Å². The zero-order valence-electron chi connectivity index (χ0n) is 14.8. The van der Waals surface area contributed by atoms with Crippen LogP contribution in [0.1, 0.15) is 95.9 Å². The van der Waals surface area contributed by atoms with E-state index in [-0.39, 0.29) is 0 Å². The summed E-state index contributed by atoms with van der Waals surface area (Å²) in [4.78, 5) is 0. The summed E-state index contributed by atoms with van der Waals surface area (Å²) in [5.74, 6) is 0. The second kappa shape index (κ2) is 919. The normalized spacial score (nSPS) is 4.00. The number of hydrogen-bond acceptors (Lipinski definition) is 0. The van der Waals surface area contributed by atoms with E-state index in [1.165, 1.54) is 12.8 Å². The molecule has 0 atom stereocenters. The third-order valence-electron chi connectivity index (χ3n) is 0. The van der Waals surface area contributed by atoms with Gasteiger partial charge in [-0.15, -0.1) is 13.2 Å². The fourth-order valence-corrected chi connectivity index (χ4v) is 0. The van der Waals surface area contributed by atoms with Crippen LogP contribution in [-0.4, -0.2) is 0 Å². The first-order valence-corrected chi connectivity index (χ1v) is 7.33. The van der Waals surface area contributed by atoms with Crippen molar-refractivity contribution in [3.8, 4) is 0 Å².